The number of hydrogen-bond donors (Lipinski definition) is 1. The van der Waals surface area contributed by atoms with Crippen LogP contribution in [0.4, 0.5) is 5.69 Å². The Bertz CT molecular complexity index is 487. The van der Waals surface area contributed by atoms with Crippen LogP contribution < -0.4 is 10.2 Å². The molecule has 1 aromatic carbocycles. The quantitative estimate of drug-likeness (QED) is 0.844. The van der Waals surface area contributed by atoms with Crippen LogP contribution in [0, 0.1) is 6.92 Å². The van der Waals surface area contributed by atoms with Crippen LogP contribution in [-0.2, 0) is 11.3 Å². The van der Waals surface area contributed by atoms with Gasteiger partial charge >= 0.3 is 0 Å². The molecule has 1 aliphatic rings. The van der Waals surface area contributed by atoms with E-state index in [4.69, 9.17) is 0 Å². The molecular formula is C17H27N3O. The van der Waals surface area contributed by atoms with Gasteiger partial charge in [-0.25, -0.2) is 0 Å². The Balaban J connectivity index is 2.18. The molecule has 1 aliphatic heterocycles. The molecule has 0 bridgehead atoms. The molecule has 1 heterocycles. The highest BCUT2D eigenvalue weighted by molar-refractivity contribution is 5.82. The van der Waals surface area contributed by atoms with E-state index in [1.165, 1.54) is 16.8 Å². The van der Waals surface area contributed by atoms with Crippen molar-refractivity contribution in [2.75, 3.05) is 38.1 Å². The van der Waals surface area contributed by atoms with Crippen molar-refractivity contribution in [2.45, 2.75) is 33.2 Å². The molecule has 1 amide bonds. The molecule has 0 aliphatic carbocycles. The number of likely N-dealkylation sites (N-methyl/N-ethyl adjacent to an activating group) is 1. The monoisotopic (exact) mass is 289 g/mol. The summed E-state index contributed by atoms with van der Waals surface area (Å²) >= 11 is 0. The number of benzene rings is 1. The van der Waals surface area contributed by atoms with Crippen molar-refractivity contribution in [3.05, 3.63) is 29.3 Å². The van der Waals surface area contributed by atoms with Gasteiger partial charge in [0.25, 0.3) is 0 Å². The topological polar surface area (TPSA) is 35.6 Å². The van der Waals surface area contributed by atoms with E-state index in [0.29, 0.717) is 6.54 Å². The average molecular weight is 289 g/mol. The predicted octanol–water partition coefficient (Wildman–Crippen LogP) is 2.16. The number of hydrogen-bond acceptors (Lipinski definition) is 3. The molecule has 0 aromatic heterocycles. The van der Waals surface area contributed by atoms with Crippen LogP contribution in [0.15, 0.2) is 18.2 Å². The standard InChI is InChI=1S/C17H27N3O/c1-4-8-18-12-15-11-14(2)6-7-16(15)20-10-5-9-19(3)17(21)13-20/h6-7,11,18H,4-5,8-10,12-13H2,1-3H3. The van der Waals surface area contributed by atoms with Gasteiger partial charge in [0.1, 0.15) is 0 Å². The molecule has 4 nitrogen and oxygen atoms in total. The van der Waals surface area contributed by atoms with Gasteiger partial charge in [-0.3, -0.25) is 4.79 Å². The summed E-state index contributed by atoms with van der Waals surface area (Å²) in [5, 5.41) is 3.47. The molecule has 0 atom stereocenters. The molecule has 21 heavy (non-hydrogen) atoms. The normalized spacial score (nSPS) is 16.2. The van der Waals surface area contributed by atoms with Gasteiger partial charge in [-0.1, -0.05) is 24.6 Å². The van der Waals surface area contributed by atoms with Crippen LogP contribution in [0.2, 0.25) is 0 Å². The first-order valence-corrected chi connectivity index (χ1v) is 7.91. The molecule has 0 radical (unpaired) electrons. The number of rotatable bonds is 5. The van der Waals surface area contributed by atoms with Gasteiger partial charge in [-0.05, 0) is 37.9 Å². The van der Waals surface area contributed by atoms with Gasteiger partial charge in [0, 0.05) is 32.4 Å². The molecular weight excluding hydrogens is 262 g/mol. The van der Waals surface area contributed by atoms with Crippen molar-refractivity contribution in [1.29, 1.82) is 0 Å². The maximum atomic E-state index is 12.1. The van der Waals surface area contributed by atoms with E-state index in [2.05, 4.69) is 42.3 Å². The van der Waals surface area contributed by atoms with Crippen molar-refractivity contribution in [1.82, 2.24) is 10.2 Å². The second-order valence-electron chi connectivity index (χ2n) is 5.90. The molecule has 1 aromatic rings. The first kappa shape index (κ1) is 15.8. The van der Waals surface area contributed by atoms with E-state index in [0.717, 1.165) is 39.0 Å². The minimum atomic E-state index is 0.209. The molecule has 1 N–H and O–H groups in total. The Morgan fingerprint density at radius 2 is 2.10 bits per heavy atom. The van der Waals surface area contributed by atoms with Gasteiger partial charge < -0.3 is 15.1 Å². The SMILES string of the molecule is CCCNCc1cc(C)ccc1N1CCCN(C)C(=O)C1. The number of aryl methyl sites for hydroxylation is 1. The zero-order valence-corrected chi connectivity index (χ0v) is 13.5. The molecule has 116 valence electrons. The van der Waals surface area contributed by atoms with Crippen LogP contribution in [0.3, 0.4) is 0 Å². The summed E-state index contributed by atoms with van der Waals surface area (Å²) in [7, 11) is 1.89. The van der Waals surface area contributed by atoms with Gasteiger partial charge in [0.2, 0.25) is 5.91 Å². The number of carbonyl (C=O) groups excluding carboxylic acids is 1. The highest BCUT2D eigenvalue weighted by Gasteiger charge is 2.20. The minimum absolute atomic E-state index is 0.209. The molecule has 0 unspecified atom stereocenters. The summed E-state index contributed by atoms with van der Waals surface area (Å²) in [6.07, 6.45) is 2.16. The van der Waals surface area contributed by atoms with E-state index in [1.54, 1.807) is 0 Å². The number of amides is 1. The highest BCUT2D eigenvalue weighted by atomic mass is 16.2. The average Bonchev–Trinajstić information content (AvgIpc) is 2.62. The minimum Gasteiger partial charge on any atom is -0.362 e. The van der Waals surface area contributed by atoms with Crippen molar-refractivity contribution >= 4 is 11.6 Å². The third-order valence-corrected chi connectivity index (χ3v) is 3.99. The van der Waals surface area contributed by atoms with Crippen molar-refractivity contribution < 1.29 is 4.79 Å². The van der Waals surface area contributed by atoms with Gasteiger partial charge in [-0.15, -0.1) is 0 Å². The third kappa shape index (κ3) is 4.21. The molecule has 1 saturated heterocycles. The number of carbonyl (C=O) groups is 1. The maximum absolute atomic E-state index is 12.1. The summed E-state index contributed by atoms with van der Waals surface area (Å²) < 4.78 is 0. The fourth-order valence-electron chi connectivity index (χ4n) is 2.76. The van der Waals surface area contributed by atoms with E-state index >= 15 is 0 Å². The van der Waals surface area contributed by atoms with Crippen LogP contribution >= 0.6 is 0 Å². The van der Waals surface area contributed by atoms with Crippen molar-refractivity contribution in [3.63, 3.8) is 0 Å². The molecule has 4 heteroatoms. The largest absolute Gasteiger partial charge is 0.362 e. The van der Waals surface area contributed by atoms with Crippen molar-refractivity contribution in [2.24, 2.45) is 0 Å². The Hall–Kier alpha value is -1.55. The summed E-state index contributed by atoms with van der Waals surface area (Å²) in [5.41, 5.74) is 3.76. The number of anilines is 1. The Morgan fingerprint density at radius 3 is 2.86 bits per heavy atom. The lowest BCUT2D eigenvalue weighted by Gasteiger charge is -2.25. The predicted molar refractivity (Wildman–Crippen MR) is 87.6 cm³/mol. The number of nitrogens with one attached hydrogen (secondary N) is 1. The lowest BCUT2D eigenvalue weighted by molar-refractivity contribution is -0.127. The fourth-order valence-corrected chi connectivity index (χ4v) is 2.76. The third-order valence-electron chi connectivity index (χ3n) is 3.99. The van der Waals surface area contributed by atoms with Crippen LogP contribution in [-0.4, -0.2) is 44.0 Å². The van der Waals surface area contributed by atoms with Gasteiger partial charge in [-0.2, -0.15) is 0 Å². The molecule has 0 spiro atoms. The molecule has 2 rings (SSSR count). The molecule has 0 saturated carbocycles. The van der Waals surface area contributed by atoms with E-state index < -0.39 is 0 Å². The van der Waals surface area contributed by atoms with E-state index in [-0.39, 0.29) is 5.91 Å². The first-order valence-electron chi connectivity index (χ1n) is 7.91. The van der Waals surface area contributed by atoms with E-state index in [9.17, 15) is 4.79 Å². The maximum Gasteiger partial charge on any atom is 0.241 e. The van der Waals surface area contributed by atoms with Crippen molar-refractivity contribution in [3.8, 4) is 0 Å². The van der Waals surface area contributed by atoms with Crippen LogP contribution in [0.25, 0.3) is 0 Å². The van der Waals surface area contributed by atoms with Crippen LogP contribution in [0.1, 0.15) is 30.9 Å². The highest BCUT2D eigenvalue weighted by Crippen LogP contribution is 2.23. The van der Waals surface area contributed by atoms with Gasteiger partial charge in [0.05, 0.1) is 6.54 Å². The zero-order chi connectivity index (χ0) is 15.2. The summed E-state index contributed by atoms with van der Waals surface area (Å²) in [6.45, 7) is 8.47. The van der Waals surface area contributed by atoms with E-state index in [1.807, 2.05) is 11.9 Å². The van der Waals surface area contributed by atoms with Crippen LogP contribution in [0.5, 0.6) is 0 Å². The Kier molecular flexibility index (Phi) is 5.62. The second kappa shape index (κ2) is 7.46. The second-order valence-corrected chi connectivity index (χ2v) is 5.90. The zero-order valence-electron chi connectivity index (χ0n) is 13.5. The Labute approximate surface area is 128 Å². The lowest BCUT2D eigenvalue weighted by Crippen LogP contribution is -2.35. The first-order chi connectivity index (χ1) is 10.1. The summed E-state index contributed by atoms with van der Waals surface area (Å²) in [5.74, 6) is 0.209. The number of nitrogens with zero attached hydrogens (tertiary/aromatic N) is 2. The smallest absolute Gasteiger partial charge is 0.241 e. The van der Waals surface area contributed by atoms with Gasteiger partial charge in [0.15, 0.2) is 0 Å². The summed E-state index contributed by atoms with van der Waals surface area (Å²) in [6, 6.07) is 6.53. The Morgan fingerprint density at radius 1 is 1.29 bits per heavy atom. The molecule has 1 fully saturated rings. The summed E-state index contributed by atoms with van der Waals surface area (Å²) in [4.78, 5) is 16.2. The lowest BCUT2D eigenvalue weighted by atomic mass is 10.1. The fraction of sp³-hybridized carbons (Fsp3) is 0.588.